The average molecular weight is 354 g/mol. The molecule has 2 N–H and O–H groups in total. The Balaban J connectivity index is 2.00. The lowest BCUT2D eigenvalue weighted by molar-refractivity contribution is -0.121. The van der Waals surface area contributed by atoms with Crippen LogP contribution in [0.2, 0.25) is 0 Å². The normalized spacial score (nSPS) is 12.0. The summed E-state index contributed by atoms with van der Waals surface area (Å²) in [6.07, 6.45) is 3.13. The Hall–Kier alpha value is -3.16. The molecule has 0 saturated carbocycles. The summed E-state index contributed by atoms with van der Waals surface area (Å²) in [5.41, 5.74) is 2.96. The third-order valence-electron chi connectivity index (χ3n) is 4.12. The molecule has 2 aromatic heterocycles. The highest BCUT2D eigenvalue weighted by Crippen LogP contribution is 2.25. The molecule has 1 aromatic carbocycles. The summed E-state index contributed by atoms with van der Waals surface area (Å²) < 4.78 is 6.81. The van der Waals surface area contributed by atoms with Crippen molar-refractivity contribution in [2.24, 2.45) is 0 Å². The quantitative estimate of drug-likeness (QED) is 0.675. The molecule has 1 unspecified atom stereocenters. The molecule has 1 atom stereocenters. The summed E-state index contributed by atoms with van der Waals surface area (Å²) in [5.74, 6) is 0.715. The van der Waals surface area contributed by atoms with Crippen LogP contribution < -0.4 is 15.4 Å². The molecule has 8 heteroatoms. The maximum Gasteiger partial charge on any atom is 0.242 e. The van der Waals surface area contributed by atoms with E-state index in [0.29, 0.717) is 17.8 Å². The lowest BCUT2D eigenvalue weighted by Crippen LogP contribution is -2.37. The number of carbonyl (C=O) groups excluding carboxylic acids is 1. The van der Waals surface area contributed by atoms with Crippen LogP contribution >= 0.6 is 0 Å². The zero-order valence-corrected chi connectivity index (χ0v) is 15.1. The molecular formula is C18H22N6O2. The van der Waals surface area contributed by atoms with Gasteiger partial charge < -0.3 is 15.4 Å². The van der Waals surface area contributed by atoms with E-state index in [0.717, 1.165) is 23.4 Å². The molecule has 0 aliphatic heterocycles. The molecule has 0 aliphatic carbocycles. The van der Waals surface area contributed by atoms with Crippen LogP contribution in [-0.4, -0.2) is 45.9 Å². The Kier molecular flexibility index (Phi) is 5.31. The van der Waals surface area contributed by atoms with E-state index < -0.39 is 0 Å². The molecule has 2 heterocycles. The van der Waals surface area contributed by atoms with E-state index in [1.807, 2.05) is 37.3 Å². The molecule has 3 rings (SSSR count). The first-order valence-corrected chi connectivity index (χ1v) is 8.50. The van der Waals surface area contributed by atoms with Crippen molar-refractivity contribution in [3.63, 3.8) is 0 Å². The van der Waals surface area contributed by atoms with E-state index in [1.54, 1.807) is 25.0 Å². The van der Waals surface area contributed by atoms with E-state index in [2.05, 4.69) is 25.9 Å². The summed E-state index contributed by atoms with van der Waals surface area (Å²) in [4.78, 5) is 12.2. The van der Waals surface area contributed by atoms with Gasteiger partial charge in [-0.1, -0.05) is 13.3 Å². The van der Waals surface area contributed by atoms with Crippen molar-refractivity contribution in [2.45, 2.75) is 25.8 Å². The molecule has 0 aliphatic rings. The van der Waals surface area contributed by atoms with Crippen molar-refractivity contribution < 1.29 is 9.53 Å². The van der Waals surface area contributed by atoms with E-state index in [-0.39, 0.29) is 11.9 Å². The molecule has 0 saturated heterocycles. The topological polar surface area (TPSA) is 93.4 Å². The van der Waals surface area contributed by atoms with Crippen LogP contribution in [0.3, 0.4) is 0 Å². The van der Waals surface area contributed by atoms with Gasteiger partial charge in [0, 0.05) is 12.6 Å². The second-order valence-electron chi connectivity index (χ2n) is 5.87. The minimum atomic E-state index is -0.350. The maximum atomic E-state index is 12.2. The number of methoxy groups -OCH3 is 1. The van der Waals surface area contributed by atoms with E-state index in [1.165, 1.54) is 0 Å². The summed E-state index contributed by atoms with van der Waals surface area (Å²) in [5, 5.41) is 18.6. The molecule has 3 aromatic rings. The van der Waals surface area contributed by atoms with Crippen LogP contribution in [-0.2, 0) is 4.79 Å². The number of amides is 1. The number of fused-ring (bicyclic) bond motifs is 1. The van der Waals surface area contributed by atoms with Crippen molar-refractivity contribution >= 4 is 17.2 Å². The van der Waals surface area contributed by atoms with E-state index in [9.17, 15) is 4.79 Å². The smallest absolute Gasteiger partial charge is 0.242 e. The van der Waals surface area contributed by atoms with Crippen LogP contribution in [0.4, 0.5) is 5.69 Å². The van der Waals surface area contributed by atoms with Gasteiger partial charge in [0.25, 0.3) is 0 Å². The number of hydrogen-bond donors (Lipinski definition) is 2. The highest BCUT2D eigenvalue weighted by Gasteiger charge is 2.19. The summed E-state index contributed by atoms with van der Waals surface area (Å²) >= 11 is 0. The third-order valence-corrected chi connectivity index (χ3v) is 4.12. The van der Waals surface area contributed by atoms with Crippen LogP contribution in [0.1, 0.15) is 19.8 Å². The van der Waals surface area contributed by atoms with Crippen molar-refractivity contribution in [1.82, 2.24) is 25.1 Å². The van der Waals surface area contributed by atoms with Crippen molar-refractivity contribution in [3.8, 4) is 17.0 Å². The SMILES string of the molecule is CCCC(Nc1cc(-c2ccc(OC)cc2)nn2cnnc12)C(=O)NC. The predicted octanol–water partition coefficient (Wildman–Crippen LogP) is 2.13. The summed E-state index contributed by atoms with van der Waals surface area (Å²) in [7, 11) is 3.26. The zero-order valence-electron chi connectivity index (χ0n) is 15.1. The van der Waals surface area contributed by atoms with Gasteiger partial charge in [0.05, 0.1) is 18.5 Å². The van der Waals surface area contributed by atoms with Crippen LogP contribution in [0.15, 0.2) is 36.7 Å². The van der Waals surface area contributed by atoms with E-state index in [4.69, 9.17) is 4.74 Å². The fraction of sp³-hybridized carbons (Fsp3) is 0.333. The molecule has 136 valence electrons. The molecule has 8 nitrogen and oxygen atoms in total. The van der Waals surface area contributed by atoms with Gasteiger partial charge in [0.15, 0.2) is 0 Å². The summed E-state index contributed by atoms with van der Waals surface area (Å²) in [6.45, 7) is 2.04. The lowest BCUT2D eigenvalue weighted by atomic mass is 10.1. The van der Waals surface area contributed by atoms with E-state index >= 15 is 0 Å². The number of carbonyl (C=O) groups is 1. The average Bonchev–Trinajstić information content (AvgIpc) is 3.16. The molecule has 1 amide bonds. The second kappa shape index (κ2) is 7.81. The number of aromatic nitrogens is 4. The Labute approximate surface area is 151 Å². The summed E-state index contributed by atoms with van der Waals surface area (Å²) in [6, 6.07) is 9.16. The fourth-order valence-electron chi connectivity index (χ4n) is 2.76. The van der Waals surface area contributed by atoms with Gasteiger partial charge in [-0.3, -0.25) is 4.79 Å². The van der Waals surface area contributed by atoms with Crippen molar-refractivity contribution in [1.29, 1.82) is 0 Å². The number of rotatable bonds is 7. The highest BCUT2D eigenvalue weighted by molar-refractivity contribution is 5.86. The standard InChI is InChI=1S/C18H22N6O2/c1-4-5-14(18(25)19-2)21-16-10-15(23-24-11-20-22-17(16)24)12-6-8-13(26-3)9-7-12/h6-11,14,21H,4-5H2,1-3H3,(H,19,25). The predicted molar refractivity (Wildman–Crippen MR) is 99.2 cm³/mol. The van der Waals surface area contributed by atoms with Gasteiger partial charge in [0.2, 0.25) is 11.6 Å². The largest absolute Gasteiger partial charge is 0.497 e. The number of likely N-dealkylation sites (N-methyl/N-ethyl adjacent to an activating group) is 1. The molecule has 0 fully saturated rings. The lowest BCUT2D eigenvalue weighted by Gasteiger charge is -2.18. The first-order valence-electron chi connectivity index (χ1n) is 8.50. The Bertz CT molecular complexity index is 890. The first kappa shape index (κ1) is 17.7. The van der Waals surface area contributed by atoms with Gasteiger partial charge in [-0.2, -0.15) is 9.61 Å². The number of nitrogens with zero attached hydrogens (tertiary/aromatic N) is 4. The second-order valence-corrected chi connectivity index (χ2v) is 5.87. The minimum Gasteiger partial charge on any atom is -0.497 e. The van der Waals surface area contributed by atoms with Gasteiger partial charge in [-0.25, -0.2) is 0 Å². The molecule has 0 spiro atoms. The fourth-order valence-corrected chi connectivity index (χ4v) is 2.76. The number of nitrogens with one attached hydrogen (secondary N) is 2. The van der Waals surface area contributed by atoms with Gasteiger partial charge in [-0.05, 0) is 36.8 Å². The number of benzene rings is 1. The van der Waals surface area contributed by atoms with Crippen LogP contribution in [0, 0.1) is 0 Å². The zero-order chi connectivity index (χ0) is 18.5. The van der Waals surface area contributed by atoms with Crippen LogP contribution in [0.25, 0.3) is 16.9 Å². The number of ether oxygens (including phenoxy) is 1. The third kappa shape index (κ3) is 3.58. The molecule has 0 bridgehead atoms. The van der Waals surface area contributed by atoms with Crippen molar-refractivity contribution in [3.05, 3.63) is 36.7 Å². The van der Waals surface area contributed by atoms with Crippen LogP contribution in [0.5, 0.6) is 5.75 Å². The Morgan fingerprint density at radius 2 is 2.08 bits per heavy atom. The van der Waals surface area contributed by atoms with Crippen molar-refractivity contribution in [2.75, 3.05) is 19.5 Å². The van der Waals surface area contributed by atoms with Gasteiger partial charge >= 0.3 is 0 Å². The Morgan fingerprint density at radius 1 is 1.31 bits per heavy atom. The Morgan fingerprint density at radius 3 is 2.73 bits per heavy atom. The number of hydrogen-bond acceptors (Lipinski definition) is 6. The number of anilines is 1. The first-order chi connectivity index (χ1) is 12.7. The molecule has 26 heavy (non-hydrogen) atoms. The molecule has 0 radical (unpaired) electrons. The monoisotopic (exact) mass is 354 g/mol. The molecular weight excluding hydrogens is 332 g/mol. The minimum absolute atomic E-state index is 0.0627. The maximum absolute atomic E-state index is 12.2. The van der Waals surface area contributed by atoms with Gasteiger partial charge in [-0.15, -0.1) is 10.2 Å². The van der Waals surface area contributed by atoms with Gasteiger partial charge in [0.1, 0.15) is 18.1 Å². The highest BCUT2D eigenvalue weighted by atomic mass is 16.5.